The van der Waals surface area contributed by atoms with Gasteiger partial charge in [0, 0.05) is 28.7 Å². The standard InChI is InChI=1S/C14H13Cl2N3O2/c15-10-2-1-9(12(16)7-10)5-6-18-14-4-3-11(19(20)21)8-13(14)17/h1-4,7-8,18H,5-6,17H2. The molecular formula is C14H13Cl2N3O2. The molecule has 0 aromatic heterocycles. The second kappa shape index (κ2) is 6.65. The zero-order valence-electron chi connectivity index (χ0n) is 11.0. The van der Waals surface area contributed by atoms with E-state index < -0.39 is 4.92 Å². The lowest BCUT2D eigenvalue weighted by molar-refractivity contribution is -0.384. The number of anilines is 2. The van der Waals surface area contributed by atoms with Crippen molar-refractivity contribution in [1.82, 2.24) is 0 Å². The van der Waals surface area contributed by atoms with Crippen LogP contribution in [0.4, 0.5) is 17.1 Å². The Hall–Kier alpha value is -1.98. The van der Waals surface area contributed by atoms with E-state index in [0.717, 1.165) is 5.56 Å². The molecular weight excluding hydrogens is 313 g/mol. The third-order valence-corrected chi connectivity index (χ3v) is 3.56. The van der Waals surface area contributed by atoms with E-state index in [0.29, 0.717) is 34.4 Å². The van der Waals surface area contributed by atoms with Gasteiger partial charge in [0.25, 0.3) is 5.69 Å². The van der Waals surface area contributed by atoms with Crippen molar-refractivity contribution >= 4 is 40.3 Å². The zero-order chi connectivity index (χ0) is 15.4. The number of nitrogen functional groups attached to an aromatic ring is 1. The van der Waals surface area contributed by atoms with Gasteiger partial charge in [0.15, 0.2) is 0 Å². The molecule has 0 amide bonds. The number of hydrogen-bond acceptors (Lipinski definition) is 4. The van der Waals surface area contributed by atoms with Gasteiger partial charge in [-0.1, -0.05) is 29.3 Å². The maximum Gasteiger partial charge on any atom is 0.271 e. The van der Waals surface area contributed by atoms with Crippen LogP contribution < -0.4 is 11.1 Å². The molecule has 0 saturated carbocycles. The number of halogens is 2. The maximum absolute atomic E-state index is 10.6. The van der Waals surface area contributed by atoms with E-state index in [9.17, 15) is 10.1 Å². The van der Waals surface area contributed by atoms with Crippen LogP contribution in [0.5, 0.6) is 0 Å². The van der Waals surface area contributed by atoms with Gasteiger partial charge in [0.2, 0.25) is 0 Å². The van der Waals surface area contributed by atoms with Crippen molar-refractivity contribution in [2.45, 2.75) is 6.42 Å². The van der Waals surface area contributed by atoms with Crippen LogP contribution in [0.25, 0.3) is 0 Å². The van der Waals surface area contributed by atoms with E-state index in [1.807, 2.05) is 6.07 Å². The molecule has 2 aromatic carbocycles. The number of nitro benzene ring substituents is 1. The summed E-state index contributed by atoms with van der Waals surface area (Å²) in [7, 11) is 0. The number of rotatable bonds is 5. The second-order valence-electron chi connectivity index (χ2n) is 4.44. The number of hydrogen-bond donors (Lipinski definition) is 2. The molecule has 2 rings (SSSR count). The number of nitro groups is 1. The van der Waals surface area contributed by atoms with Gasteiger partial charge in [-0.2, -0.15) is 0 Å². The zero-order valence-corrected chi connectivity index (χ0v) is 12.5. The van der Waals surface area contributed by atoms with Crippen LogP contribution in [0, 0.1) is 10.1 Å². The summed E-state index contributed by atoms with van der Waals surface area (Å²) in [5.74, 6) is 0. The molecule has 0 aliphatic heterocycles. The van der Waals surface area contributed by atoms with Gasteiger partial charge in [-0.05, 0) is 30.2 Å². The van der Waals surface area contributed by atoms with Crippen molar-refractivity contribution in [2.24, 2.45) is 0 Å². The molecule has 0 bridgehead atoms. The lowest BCUT2D eigenvalue weighted by Gasteiger charge is -2.10. The highest BCUT2D eigenvalue weighted by molar-refractivity contribution is 6.35. The average molecular weight is 326 g/mol. The maximum atomic E-state index is 10.6. The summed E-state index contributed by atoms with van der Waals surface area (Å²) in [6, 6.07) is 9.68. The smallest absolute Gasteiger partial charge is 0.271 e. The topological polar surface area (TPSA) is 81.2 Å². The number of nitrogens with one attached hydrogen (secondary N) is 1. The highest BCUT2D eigenvalue weighted by Gasteiger charge is 2.08. The Balaban J connectivity index is 1.99. The average Bonchev–Trinajstić information content (AvgIpc) is 2.42. The van der Waals surface area contributed by atoms with Crippen LogP contribution in [0.2, 0.25) is 10.0 Å². The fourth-order valence-corrected chi connectivity index (χ4v) is 2.38. The van der Waals surface area contributed by atoms with Crippen molar-refractivity contribution in [3.05, 3.63) is 62.1 Å². The van der Waals surface area contributed by atoms with E-state index in [1.54, 1.807) is 18.2 Å². The van der Waals surface area contributed by atoms with Crippen molar-refractivity contribution in [3.63, 3.8) is 0 Å². The van der Waals surface area contributed by atoms with E-state index in [-0.39, 0.29) is 5.69 Å². The lowest BCUT2D eigenvalue weighted by atomic mass is 10.1. The molecule has 0 spiro atoms. The Labute approximate surface area is 131 Å². The molecule has 0 fully saturated rings. The summed E-state index contributed by atoms with van der Waals surface area (Å²) in [5, 5.41) is 15.0. The van der Waals surface area contributed by atoms with Crippen molar-refractivity contribution < 1.29 is 4.92 Å². The van der Waals surface area contributed by atoms with Gasteiger partial charge in [-0.3, -0.25) is 10.1 Å². The fourth-order valence-electron chi connectivity index (χ4n) is 1.88. The minimum atomic E-state index is -0.479. The van der Waals surface area contributed by atoms with E-state index in [1.165, 1.54) is 12.1 Å². The quantitative estimate of drug-likeness (QED) is 0.491. The van der Waals surface area contributed by atoms with Gasteiger partial charge >= 0.3 is 0 Å². The SMILES string of the molecule is Nc1cc([N+](=O)[O-])ccc1NCCc1ccc(Cl)cc1Cl. The normalized spacial score (nSPS) is 10.4. The van der Waals surface area contributed by atoms with Crippen LogP contribution in [-0.4, -0.2) is 11.5 Å². The van der Waals surface area contributed by atoms with Gasteiger partial charge in [-0.15, -0.1) is 0 Å². The Morgan fingerprint density at radius 1 is 1.19 bits per heavy atom. The molecule has 21 heavy (non-hydrogen) atoms. The van der Waals surface area contributed by atoms with Crippen LogP contribution in [-0.2, 0) is 6.42 Å². The first-order valence-corrected chi connectivity index (χ1v) is 6.94. The molecule has 2 aromatic rings. The van der Waals surface area contributed by atoms with Crippen molar-refractivity contribution in [3.8, 4) is 0 Å². The van der Waals surface area contributed by atoms with E-state index in [4.69, 9.17) is 28.9 Å². The first-order chi connectivity index (χ1) is 9.97. The Kier molecular flexibility index (Phi) is 4.88. The Morgan fingerprint density at radius 3 is 2.57 bits per heavy atom. The molecule has 7 heteroatoms. The minimum Gasteiger partial charge on any atom is -0.397 e. The third-order valence-electron chi connectivity index (χ3n) is 2.97. The number of benzene rings is 2. The summed E-state index contributed by atoms with van der Waals surface area (Å²) in [5.41, 5.74) is 7.71. The molecule has 0 unspecified atom stereocenters. The van der Waals surface area contributed by atoms with Gasteiger partial charge in [0.1, 0.15) is 0 Å². The first kappa shape index (κ1) is 15.4. The molecule has 0 radical (unpaired) electrons. The third kappa shape index (κ3) is 4.00. The minimum absolute atomic E-state index is 0.0289. The van der Waals surface area contributed by atoms with Crippen LogP contribution in [0.15, 0.2) is 36.4 Å². The summed E-state index contributed by atoms with van der Waals surface area (Å²) < 4.78 is 0. The van der Waals surface area contributed by atoms with E-state index in [2.05, 4.69) is 5.32 Å². The predicted octanol–water partition coefficient (Wildman–Crippen LogP) is 4.14. The lowest BCUT2D eigenvalue weighted by Crippen LogP contribution is -2.07. The highest BCUT2D eigenvalue weighted by atomic mass is 35.5. The van der Waals surface area contributed by atoms with Crippen LogP contribution in [0.1, 0.15) is 5.56 Å². The number of nitrogens with zero attached hydrogens (tertiary/aromatic N) is 1. The first-order valence-electron chi connectivity index (χ1n) is 6.19. The highest BCUT2D eigenvalue weighted by Crippen LogP contribution is 2.25. The molecule has 0 heterocycles. The van der Waals surface area contributed by atoms with Gasteiger partial charge < -0.3 is 11.1 Å². The molecule has 0 aliphatic rings. The molecule has 5 nitrogen and oxygen atoms in total. The van der Waals surface area contributed by atoms with Crippen LogP contribution >= 0.6 is 23.2 Å². The number of non-ortho nitro benzene ring substituents is 1. The summed E-state index contributed by atoms with van der Waals surface area (Å²) in [6.45, 7) is 0.601. The summed E-state index contributed by atoms with van der Waals surface area (Å²) >= 11 is 11.9. The number of nitrogens with two attached hydrogens (primary N) is 1. The predicted molar refractivity (Wildman–Crippen MR) is 86.2 cm³/mol. The molecule has 0 saturated heterocycles. The van der Waals surface area contributed by atoms with Gasteiger partial charge in [0.05, 0.1) is 16.3 Å². The van der Waals surface area contributed by atoms with Crippen LogP contribution in [0.3, 0.4) is 0 Å². The second-order valence-corrected chi connectivity index (χ2v) is 5.28. The van der Waals surface area contributed by atoms with Gasteiger partial charge in [-0.25, -0.2) is 0 Å². The monoisotopic (exact) mass is 325 g/mol. The van der Waals surface area contributed by atoms with Crippen molar-refractivity contribution in [1.29, 1.82) is 0 Å². The Bertz CT molecular complexity index is 677. The summed E-state index contributed by atoms with van der Waals surface area (Å²) in [6.07, 6.45) is 0.687. The van der Waals surface area contributed by atoms with Crippen molar-refractivity contribution in [2.75, 3.05) is 17.6 Å². The van der Waals surface area contributed by atoms with E-state index >= 15 is 0 Å². The molecule has 3 N–H and O–H groups in total. The largest absolute Gasteiger partial charge is 0.397 e. The Morgan fingerprint density at radius 2 is 1.95 bits per heavy atom. The molecule has 0 aliphatic carbocycles. The molecule has 110 valence electrons. The fraction of sp³-hybridized carbons (Fsp3) is 0.143. The summed E-state index contributed by atoms with van der Waals surface area (Å²) in [4.78, 5) is 10.2. The molecule has 0 atom stereocenters.